The SMILES string of the molecule is CC(CC(=O)Nc1ccc(Cl)cc1C)=NNC(=O)COc1ccc(C)cc1. The number of amides is 2. The second-order valence-corrected chi connectivity index (χ2v) is 6.60. The maximum atomic E-state index is 12.1. The summed E-state index contributed by atoms with van der Waals surface area (Å²) in [6.45, 7) is 5.33. The predicted molar refractivity (Wildman–Crippen MR) is 107 cm³/mol. The number of nitrogens with one attached hydrogen (secondary N) is 2. The molecule has 0 fully saturated rings. The zero-order valence-corrected chi connectivity index (χ0v) is 16.3. The number of hydrogen-bond acceptors (Lipinski definition) is 4. The minimum Gasteiger partial charge on any atom is -0.484 e. The minimum absolute atomic E-state index is 0.0567. The van der Waals surface area contributed by atoms with Crippen LogP contribution in [0.4, 0.5) is 5.69 Å². The number of carbonyl (C=O) groups excluding carboxylic acids is 2. The third-order valence-corrected chi connectivity index (χ3v) is 3.88. The zero-order valence-electron chi connectivity index (χ0n) is 15.5. The number of hydrogen-bond donors (Lipinski definition) is 2. The number of ether oxygens (including phenoxy) is 1. The lowest BCUT2D eigenvalue weighted by Crippen LogP contribution is -2.26. The number of carbonyl (C=O) groups is 2. The van der Waals surface area contributed by atoms with Gasteiger partial charge in [0, 0.05) is 16.4 Å². The van der Waals surface area contributed by atoms with Crippen LogP contribution in [-0.4, -0.2) is 24.1 Å². The molecule has 0 aromatic heterocycles. The highest BCUT2D eigenvalue weighted by molar-refractivity contribution is 6.30. The number of halogens is 1. The summed E-state index contributed by atoms with van der Waals surface area (Å²) >= 11 is 5.90. The summed E-state index contributed by atoms with van der Waals surface area (Å²) in [5.41, 5.74) is 5.52. The molecule has 0 aliphatic rings. The van der Waals surface area contributed by atoms with Crippen molar-refractivity contribution in [3.8, 4) is 5.75 Å². The lowest BCUT2D eigenvalue weighted by atomic mass is 10.2. The number of aryl methyl sites for hydroxylation is 2. The molecule has 2 amide bonds. The second-order valence-electron chi connectivity index (χ2n) is 6.17. The average Bonchev–Trinajstić information content (AvgIpc) is 2.62. The molecule has 2 N–H and O–H groups in total. The Kier molecular flexibility index (Phi) is 7.37. The highest BCUT2D eigenvalue weighted by Crippen LogP contribution is 2.19. The number of benzene rings is 2. The van der Waals surface area contributed by atoms with Crippen LogP contribution >= 0.6 is 11.6 Å². The number of anilines is 1. The van der Waals surface area contributed by atoms with Gasteiger partial charge in [0.2, 0.25) is 5.91 Å². The summed E-state index contributed by atoms with van der Waals surface area (Å²) < 4.78 is 5.37. The van der Waals surface area contributed by atoms with Crippen molar-refractivity contribution in [2.24, 2.45) is 5.10 Å². The van der Waals surface area contributed by atoms with Crippen molar-refractivity contribution in [1.82, 2.24) is 5.43 Å². The molecular formula is C20H22ClN3O3. The van der Waals surface area contributed by atoms with Crippen LogP contribution < -0.4 is 15.5 Å². The molecule has 6 nitrogen and oxygen atoms in total. The van der Waals surface area contributed by atoms with Crippen LogP contribution in [0.15, 0.2) is 47.6 Å². The maximum absolute atomic E-state index is 12.1. The molecule has 0 bridgehead atoms. The first-order valence-electron chi connectivity index (χ1n) is 8.41. The van der Waals surface area contributed by atoms with Crippen molar-refractivity contribution in [1.29, 1.82) is 0 Å². The van der Waals surface area contributed by atoms with E-state index in [9.17, 15) is 9.59 Å². The molecule has 0 aliphatic carbocycles. The van der Waals surface area contributed by atoms with Crippen molar-refractivity contribution in [3.05, 3.63) is 58.6 Å². The molecule has 0 aliphatic heterocycles. The summed E-state index contributed by atoms with van der Waals surface area (Å²) in [6, 6.07) is 12.6. The molecule has 0 saturated carbocycles. The Morgan fingerprint density at radius 2 is 1.78 bits per heavy atom. The zero-order chi connectivity index (χ0) is 19.8. The Bertz CT molecular complexity index is 848. The third kappa shape index (κ3) is 7.11. The number of nitrogens with zero attached hydrogens (tertiary/aromatic N) is 1. The Balaban J connectivity index is 1.77. The van der Waals surface area contributed by atoms with E-state index in [2.05, 4.69) is 15.8 Å². The van der Waals surface area contributed by atoms with Crippen LogP contribution in [0.3, 0.4) is 0 Å². The summed E-state index contributed by atoms with van der Waals surface area (Å²) in [6.07, 6.45) is 0.0567. The van der Waals surface area contributed by atoms with Crippen molar-refractivity contribution in [3.63, 3.8) is 0 Å². The van der Waals surface area contributed by atoms with Gasteiger partial charge in [0.25, 0.3) is 5.91 Å². The standard InChI is InChI=1S/C20H22ClN3O3/c1-13-4-7-17(8-5-13)27-12-20(26)24-23-15(3)11-19(25)22-18-9-6-16(21)10-14(18)2/h4-10H,11-12H2,1-3H3,(H,22,25)(H,24,26). The van der Waals surface area contributed by atoms with E-state index < -0.39 is 5.91 Å². The molecular weight excluding hydrogens is 366 g/mol. The van der Waals surface area contributed by atoms with Gasteiger partial charge < -0.3 is 10.1 Å². The molecule has 7 heteroatoms. The van der Waals surface area contributed by atoms with Crippen molar-refractivity contribution in [2.45, 2.75) is 27.2 Å². The van der Waals surface area contributed by atoms with Gasteiger partial charge in [-0.2, -0.15) is 5.10 Å². The van der Waals surface area contributed by atoms with E-state index in [4.69, 9.17) is 16.3 Å². The summed E-state index contributed by atoms with van der Waals surface area (Å²) in [5, 5.41) is 7.33. The lowest BCUT2D eigenvalue weighted by molar-refractivity contribution is -0.123. The Hall–Kier alpha value is -2.86. The van der Waals surface area contributed by atoms with Gasteiger partial charge in [-0.05, 0) is 56.7 Å². The first kappa shape index (κ1) is 20.5. The van der Waals surface area contributed by atoms with Gasteiger partial charge in [-0.1, -0.05) is 29.3 Å². The van der Waals surface area contributed by atoms with Crippen LogP contribution in [0.2, 0.25) is 5.02 Å². The van der Waals surface area contributed by atoms with Crippen LogP contribution in [-0.2, 0) is 9.59 Å². The van der Waals surface area contributed by atoms with Crippen LogP contribution in [0, 0.1) is 13.8 Å². The largest absolute Gasteiger partial charge is 0.484 e. The third-order valence-electron chi connectivity index (χ3n) is 3.64. The topological polar surface area (TPSA) is 79.8 Å². The van der Waals surface area contributed by atoms with E-state index in [1.165, 1.54) is 0 Å². The number of rotatable bonds is 7. The summed E-state index contributed by atoms with van der Waals surface area (Å²) in [5.74, 6) is -0.0233. The molecule has 0 spiro atoms. The van der Waals surface area contributed by atoms with Crippen molar-refractivity contribution in [2.75, 3.05) is 11.9 Å². The van der Waals surface area contributed by atoms with Crippen molar-refractivity contribution < 1.29 is 14.3 Å². The Labute approximate surface area is 163 Å². The van der Waals surface area contributed by atoms with Crippen LogP contribution in [0.25, 0.3) is 0 Å². The molecule has 2 rings (SSSR count). The molecule has 0 atom stereocenters. The fourth-order valence-corrected chi connectivity index (χ4v) is 2.43. The molecule has 27 heavy (non-hydrogen) atoms. The van der Waals surface area contributed by atoms with E-state index in [0.717, 1.165) is 11.1 Å². The molecule has 142 valence electrons. The Morgan fingerprint density at radius 3 is 2.44 bits per heavy atom. The highest BCUT2D eigenvalue weighted by Gasteiger charge is 2.08. The van der Waals surface area contributed by atoms with Gasteiger partial charge in [-0.15, -0.1) is 0 Å². The molecule has 0 saturated heterocycles. The molecule has 0 heterocycles. The van der Waals surface area contributed by atoms with E-state index in [1.54, 1.807) is 37.3 Å². The summed E-state index contributed by atoms with van der Waals surface area (Å²) in [4.78, 5) is 23.9. The first-order chi connectivity index (χ1) is 12.8. The summed E-state index contributed by atoms with van der Waals surface area (Å²) in [7, 11) is 0. The fourth-order valence-electron chi connectivity index (χ4n) is 2.21. The van der Waals surface area contributed by atoms with Crippen LogP contribution in [0.5, 0.6) is 5.75 Å². The van der Waals surface area contributed by atoms with Gasteiger partial charge in [0.05, 0.1) is 6.42 Å². The Morgan fingerprint density at radius 1 is 1.07 bits per heavy atom. The lowest BCUT2D eigenvalue weighted by Gasteiger charge is -2.09. The highest BCUT2D eigenvalue weighted by atomic mass is 35.5. The fraction of sp³-hybridized carbons (Fsp3) is 0.250. The monoisotopic (exact) mass is 387 g/mol. The van der Waals surface area contributed by atoms with E-state index in [1.807, 2.05) is 26.0 Å². The normalized spacial score (nSPS) is 11.0. The van der Waals surface area contributed by atoms with Gasteiger partial charge in [-0.3, -0.25) is 9.59 Å². The van der Waals surface area contributed by atoms with Gasteiger partial charge in [0.15, 0.2) is 6.61 Å². The maximum Gasteiger partial charge on any atom is 0.277 e. The smallest absolute Gasteiger partial charge is 0.277 e. The molecule has 2 aromatic carbocycles. The van der Waals surface area contributed by atoms with E-state index in [-0.39, 0.29) is 18.9 Å². The first-order valence-corrected chi connectivity index (χ1v) is 8.79. The predicted octanol–water partition coefficient (Wildman–Crippen LogP) is 3.86. The second kappa shape index (κ2) is 9.73. The minimum atomic E-state index is -0.399. The molecule has 0 radical (unpaired) electrons. The van der Waals surface area contributed by atoms with E-state index >= 15 is 0 Å². The van der Waals surface area contributed by atoms with Gasteiger partial charge in [0.1, 0.15) is 5.75 Å². The van der Waals surface area contributed by atoms with Gasteiger partial charge in [-0.25, -0.2) is 5.43 Å². The number of hydrazone groups is 1. The van der Waals surface area contributed by atoms with E-state index in [0.29, 0.717) is 22.2 Å². The molecule has 0 unspecified atom stereocenters. The quantitative estimate of drug-likeness (QED) is 0.559. The average molecular weight is 388 g/mol. The van der Waals surface area contributed by atoms with Gasteiger partial charge >= 0.3 is 0 Å². The van der Waals surface area contributed by atoms with Crippen molar-refractivity contribution >= 4 is 34.8 Å². The van der Waals surface area contributed by atoms with Crippen LogP contribution in [0.1, 0.15) is 24.5 Å². The molecule has 2 aromatic rings.